The van der Waals surface area contributed by atoms with E-state index in [1.807, 2.05) is 36.4 Å². The van der Waals surface area contributed by atoms with Crippen molar-refractivity contribution in [1.29, 1.82) is 5.26 Å². The number of ether oxygens (including phenoxy) is 1. The zero-order valence-corrected chi connectivity index (χ0v) is 17.5. The second-order valence-corrected chi connectivity index (χ2v) is 11.8. The van der Waals surface area contributed by atoms with Gasteiger partial charge in [0.25, 0.3) is 11.1 Å². The van der Waals surface area contributed by atoms with Crippen molar-refractivity contribution in [2.75, 3.05) is 13.2 Å². The summed E-state index contributed by atoms with van der Waals surface area (Å²) in [7, 11) is 0. The lowest BCUT2D eigenvalue weighted by Crippen LogP contribution is -1.95. The second kappa shape index (κ2) is 10.8. The first-order valence-corrected chi connectivity index (χ1v) is 12.7. The van der Waals surface area contributed by atoms with Crippen LogP contribution in [0.4, 0.5) is 0 Å². The maximum Gasteiger partial charge on any atom is 0.413 e. The Labute approximate surface area is 164 Å². The molecule has 0 aliphatic carbocycles. The van der Waals surface area contributed by atoms with Crippen LogP contribution < -0.4 is 9.26 Å². The number of benzene rings is 1. The number of thiazole rings is 1. The van der Waals surface area contributed by atoms with E-state index in [0.29, 0.717) is 43.1 Å². The minimum absolute atomic E-state index is 0.0525. The Kier molecular flexibility index (Phi) is 8.78. The van der Waals surface area contributed by atoms with Crippen molar-refractivity contribution in [1.82, 2.24) is 4.98 Å². The largest absolute Gasteiger partial charge is 0.465 e. The van der Waals surface area contributed by atoms with Crippen LogP contribution in [0.25, 0.3) is 0 Å². The van der Waals surface area contributed by atoms with Crippen molar-refractivity contribution >= 4 is 40.4 Å². The topological polar surface area (TPSA) is 90.7 Å². The van der Waals surface area contributed by atoms with E-state index in [9.17, 15) is 9.83 Å². The molecule has 0 fully saturated rings. The molecule has 1 aromatic carbocycles. The van der Waals surface area contributed by atoms with Crippen molar-refractivity contribution < 1.29 is 22.2 Å². The zero-order chi connectivity index (χ0) is 18.8. The Balaban J connectivity index is 2.10. The van der Waals surface area contributed by atoms with Gasteiger partial charge in [0.2, 0.25) is 0 Å². The summed E-state index contributed by atoms with van der Waals surface area (Å²) in [4.78, 5) is 4.31. The molecule has 140 valence electrons. The minimum Gasteiger partial charge on any atom is -0.465 e. The fourth-order valence-corrected chi connectivity index (χ4v) is 6.27. The van der Waals surface area contributed by atoms with Crippen LogP contribution in [0.3, 0.4) is 0 Å². The van der Waals surface area contributed by atoms with E-state index >= 15 is 0 Å². The minimum atomic E-state index is -3.45. The summed E-state index contributed by atoms with van der Waals surface area (Å²) in [6.07, 6.45) is 0. The Morgan fingerprint density at radius 3 is 2.42 bits per heavy atom. The lowest BCUT2D eigenvalue weighted by Gasteiger charge is -2.14. The molecule has 7 nitrogen and oxygen atoms in total. The summed E-state index contributed by atoms with van der Waals surface area (Å²) in [5.74, 6) is -3.50. The van der Waals surface area contributed by atoms with Gasteiger partial charge in [-0.1, -0.05) is 41.7 Å². The van der Waals surface area contributed by atoms with Gasteiger partial charge in [-0.2, -0.15) is 10.2 Å². The van der Waals surface area contributed by atoms with Crippen molar-refractivity contribution in [3.8, 4) is 17.1 Å². The standard InChI is InChI=1S/C15H17N2O5PS3/c1-3-20-25-23(18,26-21-4-2)22-14-13(10-16)24-15(17-14)19-11-12-8-6-5-7-9-12/h5-9H,3-4,11H2,1-2H3. The van der Waals surface area contributed by atoms with Crippen LogP contribution in [-0.2, 0) is 19.5 Å². The third-order valence-electron chi connectivity index (χ3n) is 2.61. The van der Waals surface area contributed by atoms with E-state index in [2.05, 4.69) is 4.98 Å². The molecule has 0 saturated carbocycles. The van der Waals surface area contributed by atoms with Crippen LogP contribution in [0, 0.1) is 11.3 Å². The molecular formula is C15H17N2O5PS3. The van der Waals surface area contributed by atoms with Crippen molar-refractivity contribution in [3.05, 3.63) is 40.8 Å². The summed E-state index contributed by atoms with van der Waals surface area (Å²) in [5.41, 5.74) is 0.966. The number of aromatic nitrogens is 1. The van der Waals surface area contributed by atoms with Crippen LogP contribution in [0.1, 0.15) is 24.3 Å². The van der Waals surface area contributed by atoms with E-state index in [4.69, 9.17) is 17.6 Å². The highest BCUT2D eigenvalue weighted by atomic mass is 33.1. The predicted molar refractivity (Wildman–Crippen MR) is 104 cm³/mol. The Morgan fingerprint density at radius 2 is 1.85 bits per heavy atom. The molecule has 1 aromatic heterocycles. The van der Waals surface area contributed by atoms with Gasteiger partial charge in [0.1, 0.15) is 36.0 Å². The number of hydrogen-bond acceptors (Lipinski definition) is 10. The van der Waals surface area contributed by atoms with Gasteiger partial charge in [0, 0.05) is 0 Å². The number of nitrogens with zero attached hydrogens (tertiary/aromatic N) is 2. The predicted octanol–water partition coefficient (Wildman–Crippen LogP) is 5.45. The summed E-state index contributed by atoms with van der Waals surface area (Å²) < 4.78 is 34.2. The van der Waals surface area contributed by atoms with E-state index in [-0.39, 0.29) is 16.0 Å². The fourth-order valence-electron chi connectivity index (χ4n) is 1.58. The highest BCUT2D eigenvalue weighted by molar-refractivity contribution is 8.87. The smallest absolute Gasteiger partial charge is 0.413 e. The van der Waals surface area contributed by atoms with Gasteiger partial charge in [-0.05, 0) is 19.4 Å². The molecule has 1 heterocycles. The number of nitriles is 1. The molecule has 0 saturated heterocycles. The average Bonchev–Trinajstić information content (AvgIpc) is 3.05. The molecule has 26 heavy (non-hydrogen) atoms. The van der Waals surface area contributed by atoms with E-state index < -0.39 is 5.77 Å². The molecule has 0 bridgehead atoms. The SMILES string of the molecule is CCOSP(=O)(Oc1nc(OCc2ccccc2)sc1C#N)SOCC. The lowest BCUT2D eigenvalue weighted by atomic mass is 10.2. The Bertz CT molecular complexity index is 769. The summed E-state index contributed by atoms with van der Waals surface area (Å²) in [6, 6.07) is 11.5. The third kappa shape index (κ3) is 6.50. The van der Waals surface area contributed by atoms with Gasteiger partial charge in [0.05, 0.1) is 13.2 Å². The van der Waals surface area contributed by atoms with Gasteiger partial charge < -0.3 is 17.6 Å². The first kappa shape index (κ1) is 21.1. The number of hydrogen-bond donors (Lipinski definition) is 0. The van der Waals surface area contributed by atoms with Crippen molar-refractivity contribution in [2.45, 2.75) is 20.5 Å². The van der Waals surface area contributed by atoms with E-state index in [1.54, 1.807) is 13.8 Å². The maximum atomic E-state index is 12.8. The Morgan fingerprint density at radius 1 is 1.19 bits per heavy atom. The zero-order valence-electron chi connectivity index (χ0n) is 14.1. The van der Waals surface area contributed by atoms with Crippen molar-refractivity contribution in [3.63, 3.8) is 0 Å². The summed E-state index contributed by atoms with van der Waals surface area (Å²) >= 11 is 2.39. The normalized spacial score (nSPS) is 11.1. The average molecular weight is 432 g/mol. The molecule has 0 atom stereocenters. The molecule has 0 aliphatic rings. The van der Waals surface area contributed by atoms with Crippen LogP contribution in [0.2, 0.25) is 0 Å². The third-order valence-corrected chi connectivity index (χ3v) is 8.17. The van der Waals surface area contributed by atoms with Gasteiger partial charge in [-0.25, -0.2) is 4.57 Å². The first-order chi connectivity index (χ1) is 12.6. The molecular weight excluding hydrogens is 415 g/mol. The molecule has 0 radical (unpaired) electrons. The quantitative estimate of drug-likeness (QED) is 0.339. The molecule has 0 amide bonds. The highest BCUT2D eigenvalue weighted by Gasteiger charge is 2.33. The summed E-state index contributed by atoms with van der Waals surface area (Å²) in [6.45, 7) is 4.53. The molecule has 0 spiro atoms. The highest BCUT2D eigenvalue weighted by Crippen LogP contribution is 2.70. The fraction of sp³-hybridized carbons (Fsp3) is 0.333. The van der Waals surface area contributed by atoms with Gasteiger partial charge >= 0.3 is 5.77 Å². The first-order valence-electron chi connectivity index (χ1n) is 7.60. The lowest BCUT2D eigenvalue weighted by molar-refractivity contribution is 0.302. The monoisotopic (exact) mass is 432 g/mol. The molecule has 2 rings (SSSR count). The summed E-state index contributed by atoms with van der Waals surface area (Å²) in [5, 5.41) is 9.54. The van der Waals surface area contributed by atoms with Crippen molar-refractivity contribution in [2.24, 2.45) is 0 Å². The van der Waals surface area contributed by atoms with E-state index in [1.165, 1.54) is 0 Å². The molecule has 0 aliphatic heterocycles. The van der Waals surface area contributed by atoms with Gasteiger partial charge in [-0.15, -0.1) is 0 Å². The second-order valence-electron chi connectivity index (χ2n) is 4.50. The van der Waals surface area contributed by atoms with E-state index in [0.717, 1.165) is 16.9 Å². The van der Waals surface area contributed by atoms with Crippen LogP contribution in [0.5, 0.6) is 11.1 Å². The maximum absolute atomic E-state index is 12.8. The molecule has 0 unspecified atom stereocenters. The number of rotatable bonds is 11. The van der Waals surface area contributed by atoms with Gasteiger partial charge in [0.15, 0.2) is 4.88 Å². The molecule has 2 aromatic rings. The van der Waals surface area contributed by atoms with Crippen LogP contribution in [0.15, 0.2) is 30.3 Å². The Hall–Kier alpha value is -1.21. The molecule has 11 heteroatoms. The van der Waals surface area contributed by atoms with Gasteiger partial charge in [-0.3, -0.25) is 0 Å². The van der Waals surface area contributed by atoms with Crippen LogP contribution >= 0.6 is 40.4 Å². The van der Waals surface area contributed by atoms with Crippen LogP contribution in [-0.4, -0.2) is 18.2 Å². The molecule has 0 N–H and O–H groups in total.